The lowest BCUT2D eigenvalue weighted by molar-refractivity contribution is 0.101. The van der Waals surface area contributed by atoms with E-state index < -0.39 is 0 Å². The summed E-state index contributed by atoms with van der Waals surface area (Å²) in [5.74, 6) is 1.61. The van der Waals surface area contributed by atoms with Crippen molar-refractivity contribution in [3.05, 3.63) is 78.3 Å². The fraction of sp³-hybridized carbons (Fsp3) is 0.304. The number of allylic oxidation sites excluding steroid dienone is 4. The van der Waals surface area contributed by atoms with E-state index in [1.807, 2.05) is 36.4 Å². The second-order valence-electron chi connectivity index (χ2n) is 6.28. The van der Waals surface area contributed by atoms with Crippen LogP contribution < -0.4 is 0 Å². The number of nitrogens with zero attached hydrogens (tertiary/aromatic N) is 1. The van der Waals surface area contributed by atoms with Crippen LogP contribution in [-0.4, -0.2) is 17.5 Å². The fourth-order valence-corrected chi connectivity index (χ4v) is 2.52. The van der Waals surface area contributed by atoms with Gasteiger partial charge in [-0.05, 0) is 25.5 Å². The highest BCUT2D eigenvalue weighted by atomic mass is 16.5. The Bertz CT molecular complexity index is 797. The summed E-state index contributed by atoms with van der Waals surface area (Å²) in [4.78, 5) is 11.4. The molecule has 1 heterocycles. The van der Waals surface area contributed by atoms with Crippen molar-refractivity contribution in [3.63, 3.8) is 0 Å². The molecule has 0 aliphatic rings. The highest BCUT2D eigenvalue weighted by molar-refractivity contribution is 5.94. The Morgan fingerprint density at radius 2 is 2.04 bits per heavy atom. The van der Waals surface area contributed by atoms with Crippen molar-refractivity contribution in [1.82, 2.24) is 5.16 Å². The molecular formula is C23H27NO3. The molecule has 0 saturated heterocycles. The van der Waals surface area contributed by atoms with E-state index in [2.05, 4.69) is 18.7 Å². The van der Waals surface area contributed by atoms with Gasteiger partial charge in [0.05, 0.1) is 6.61 Å². The van der Waals surface area contributed by atoms with Crippen LogP contribution in [0.25, 0.3) is 11.3 Å². The molecule has 4 nitrogen and oxygen atoms in total. The second kappa shape index (κ2) is 11.0. The van der Waals surface area contributed by atoms with Gasteiger partial charge in [-0.15, -0.1) is 0 Å². The van der Waals surface area contributed by atoms with Gasteiger partial charge in [-0.2, -0.15) is 0 Å². The van der Waals surface area contributed by atoms with Gasteiger partial charge in [0, 0.05) is 23.6 Å². The number of benzene rings is 1. The summed E-state index contributed by atoms with van der Waals surface area (Å²) in [7, 11) is 0. The third kappa shape index (κ3) is 6.74. The van der Waals surface area contributed by atoms with Crippen LogP contribution in [0.1, 0.15) is 49.2 Å². The standard InChI is InChI=1S/C23H27NO3/c1-4-6-7-16-26-21(9-5-2)10-8-11-22-17-23(24-27-22)20-14-12-19(13-15-20)18(3)25/h5,8-10,12-15,17H,2,4,6-7,11,16H2,1,3H3/b10-8-,21-9+. The quantitative estimate of drug-likeness (QED) is 0.215. The summed E-state index contributed by atoms with van der Waals surface area (Å²) in [6.07, 6.45) is 11.5. The fourth-order valence-electron chi connectivity index (χ4n) is 2.52. The van der Waals surface area contributed by atoms with Crippen molar-refractivity contribution in [2.24, 2.45) is 0 Å². The van der Waals surface area contributed by atoms with Crippen LogP contribution in [0.15, 0.2) is 71.5 Å². The lowest BCUT2D eigenvalue weighted by atomic mass is 10.1. The maximum absolute atomic E-state index is 11.4. The monoisotopic (exact) mass is 365 g/mol. The van der Waals surface area contributed by atoms with Crippen LogP contribution in [0.3, 0.4) is 0 Å². The Kier molecular flexibility index (Phi) is 8.30. The first-order valence-electron chi connectivity index (χ1n) is 9.33. The number of unbranched alkanes of at least 4 members (excludes halogenated alkanes) is 2. The van der Waals surface area contributed by atoms with Gasteiger partial charge in [-0.3, -0.25) is 4.79 Å². The normalized spacial score (nSPS) is 11.7. The summed E-state index contributed by atoms with van der Waals surface area (Å²) in [5, 5.41) is 4.11. The van der Waals surface area contributed by atoms with Crippen molar-refractivity contribution >= 4 is 5.78 Å². The van der Waals surface area contributed by atoms with Crippen LogP contribution >= 0.6 is 0 Å². The number of carbonyl (C=O) groups is 1. The van der Waals surface area contributed by atoms with Crippen LogP contribution in [0.4, 0.5) is 0 Å². The molecule has 1 aromatic carbocycles. The Balaban J connectivity index is 1.94. The smallest absolute Gasteiger partial charge is 0.159 e. The first kappa shape index (κ1) is 20.4. The molecular weight excluding hydrogens is 338 g/mol. The molecule has 0 amide bonds. The number of Topliss-reactive ketones (excluding diaryl/α,β-unsaturated/α-hetero) is 1. The van der Waals surface area contributed by atoms with E-state index in [4.69, 9.17) is 9.26 Å². The first-order chi connectivity index (χ1) is 13.1. The first-order valence-corrected chi connectivity index (χ1v) is 9.33. The molecule has 0 aliphatic heterocycles. The maximum atomic E-state index is 11.4. The lowest BCUT2D eigenvalue weighted by Crippen LogP contribution is -1.93. The molecule has 0 aliphatic carbocycles. The number of carbonyl (C=O) groups excluding carboxylic acids is 1. The van der Waals surface area contributed by atoms with Gasteiger partial charge in [-0.25, -0.2) is 0 Å². The Morgan fingerprint density at radius 3 is 2.70 bits per heavy atom. The number of hydrogen-bond acceptors (Lipinski definition) is 4. The number of ketones is 1. The zero-order chi connectivity index (χ0) is 19.5. The molecule has 142 valence electrons. The van der Waals surface area contributed by atoms with E-state index in [1.54, 1.807) is 25.1 Å². The zero-order valence-electron chi connectivity index (χ0n) is 16.1. The van der Waals surface area contributed by atoms with E-state index in [9.17, 15) is 4.79 Å². The molecule has 2 aromatic rings. The van der Waals surface area contributed by atoms with Crippen molar-refractivity contribution < 1.29 is 14.1 Å². The van der Waals surface area contributed by atoms with Crippen molar-refractivity contribution in [2.75, 3.05) is 6.61 Å². The molecule has 0 fully saturated rings. The highest BCUT2D eigenvalue weighted by Crippen LogP contribution is 2.20. The summed E-state index contributed by atoms with van der Waals surface area (Å²) in [6, 6.07) is 9.26. The number of aromatic nitrogens is 1. The van der Waals surface area contributed by atoms with Crippen molar-refractivity contribution in [3.8, 4) is 11.3 Å². The number of ether oxygens (including phenoxy) is 1. The van der Waals surface area contributed by atoms with Gasteiger partial charge in [0.15, 0.2) is 5.78 Å². The average Bonchev–Trinajstić information content (AvgIpc) is 3.14. The van der Waals surface area contributed by atoms with Gasteiger partial charge < -0.3 is 9.26 Å². The van der Waals surface area contributed by atoms with Crippen LogP contribution in [0, 0.1) is 0 Å². The van der Waals surface area contributed by atoms with E-state index in [0.29, 0.717) is 18.6 Å². The van der Waals surface area contributed by atoms with E-state index in [1.165, 1.54) is 12.8 Å². The molecule has 0 bridgehead atoms. The molecule has 0 N–H and O–H groups in total. The molecule has 0 saturated carbocycles. The minimum absolute atomic E-state index is 0.0489. The third-order valence-electron chi connectivity index (χ3n) is 4.05. The Labute approximate surface area is 161 Å². The van der Waals surface area contributed by atoms with Crippen LogP contribution in [0.2, 0.25) is 0 Å². The van der Waals surface area contributed by atoms with Gasteiger partial charge in [-0.1, -0.05) is 67.9 Å². The predicted octanol–water partition coefficient (Wildman–Crippen LogP) is 5.92. The van der Waals surface area contributed by atoms with Gasteiger partial charge in [0.2, 0.25) is 0 Å². The molecule has 0 radical (unpaired) electrons. The van der Waals surface area contributed by atoms with Crippen molar-refractivity contribution in [1.29, 1.82) is 0 Å². The van der Waals surface area contributed by atoms with Crippen LogP contribution in [-0.2, 0) is 11.2 Å². The SMILES string of the molecule is C=C/C=C(\C=C/Cc1cc(-c2ccc(C(C)=O)cc2)no1)OCCCCC. The Hall–Kier alpha value is -2.88. The summed E-state index contributed by atoms with van der Waals surface area (Å²) >= 11 is 0. The largest absolute Gasteiger partial charge is 0.494 e. The minimum Gasteiger partial charge on any atom is -0.494 e. The van der Waals surface area contributed by atoms with Gasteiger partial charge >= 0.3 is 0 Å². The zero-order valence-corrected chi connectivity index (χ0v) is 16.1. The summed E-state index contributed by atoms with van der Waals surface area (Å²) in [6.45, 7) is 8.16. The molecule has 1 aromatic heterocycles. The average molecular weight is 365 g/mol. The third-order valence-corrected chi connectivity index (χ3v) is 4.05. The van der Waals surface area contributed by atoms with E-state index in [-0.39, 0.29) is 5.78 Å². The van der Waals surface area contributed by atoms with Crippen molar-refractivity contribution in [2.45, 2.75) is 39.5 Å². The number of rotatable bonds is 11. The van der Waals surface area contributed by atoms with Gasteiger partial charge in [0.25, 0.3) is 0 Å². The molecule has 4 heteroatoms. The lowest BCUT2D eigenvalue weighted by Gasteiger charge is -2.05. The summed E-state index contributed by atoms with van der Waals surface area (Å²) < 4.78 is 11.2. The maximum Gasteiger partial charge on any atom is 0.159 e. The molecule has 2 rings (SSSR count). The topological polar surface area (TPSA) is 52.3 Å². The van der Waals surface area contributed by atoms with Crippen LogP contribution in [0.5, 0.6) is 0 Å². The summed E-state index contributed by atoms with van der Waals surface area (Å²) in [5.41, 5.74) is 2.36. The Morgan fingerprint density at radius 1 is 1.26 bits per heavy atom. The predicted molar refractivity (Wildman–Crippen MR) is 109 cm³/mol. The molecule has 0 atom stereocenters. The number of hydrogen-bond donors (Lipinski definition) is 0. The molecule has 0 unspecified atom stereocenters. The minimum atomic E-state index is 0.0489. The highest BCUT2D eigenvalue weighted by Gasteiger charge is 2.07. The second-order valence-corrected chi connectivity index (χ2v) is 6.28. The molecule has 0 spiro atoms. The van der Waals surface area contributed by atoms with Gasteiger partial charge in [0.1, 0.15) is 17.2 Å². The molecule has 27 heavy (non-hydrogen) atoms. The van der Waals surface area contributed by atoms with E-state index >= 15 is 0 Å². The van der Waals surface area contributed by atoms with E-state index in [0.717, 1.165) is 29.2 Å².